The Bertz CT molecular complexity index is 545. The van der Waals surface area contributed by atoms with Crippen LogP contribution in [0.1, 0.15) is 75.6 Å². The number of amides is 1. The zero-order valence-corrected chi connectivity index (χ0v) is 16.4. The van der Waals surface area contributed by atoms with Crippen LogP contribution in [0.5, 0.6) is 5.75 Å². The third-order valence-corrected chi connectivity index (χ3v) is 4.28. The number of esters is 1. The first-order valence-corrected chi connectivity index (χ1v) is 9.70. The first-order valence-electron chi connectivity index (χ1n) is 9.70. The molecule has 0 heterocycles. The minimum absolute atomic E-state index is 0.319. The Balaban J connectivity index is 2.19. The lowest BCUT2D eigenvalue weighted by Crippen LogP contribution is -2.39. The fourth-order valence-electron chi connectivity index (χ4n) is 2.64. The van der Waals surface area contributed by atoms with E-state index in [9.17, 15) is 9.59 Å². The van der Waals surface area contributed by atoms with Gasteiger partial charge < -0.3 is 14.8 Å². The largest absolute Gasteiger partial charge is 0.497 e. The lowest BCUT2D eigenvalue weighted by Gasteiger charge is -2.14. The van der Waals surface area contributed by atoms with Crippen molar-refractivity contribution >= 4 is 11.9 Å². The number of unbranched alkanes of at least 4 members (excludes halogenated alkanes) is 7. The van der Waals surface area contributed by atoms with Crippen LogP contribution in [0.25, 0.3) is 0 Å². The van der Waals surface area contributed by atoms with Crippen LogP contribution in [0.15, 0.2) is 24.3 Å². The van der Waals surface area contributed by atoms with Crippen molar-refractivity contribution in [1.82, 2.24) is 5.32 Å². The van der Waals surface area contributed by atoms with E-state index in [-0.39, 0.29) is 5.91 Å². The minimum atomic E-state index is -0.678. The van der Waals surface area contributed by atoms with E-state index >= 15 is 0 Å². The molecule has 1 aromatic carbocycles. The molecule has 0 aliphatic carbocycles. The van der Waals surface area contributed by atoms with Gasteiger partial charge in [0, 0.05) is 5.56 Å². The molecule has 1 aromatic rings. The molecule has 0 fully saturated rings. The van der Waals surface area contributed by atoms with Gasteiger partial charge in [0.25, 0.3) is 5.91 Å². The Morgan fingerprint density at radius 2 is 1.69 bits per heavy atom. The van der Waals surface area contributed by atoms with Crippen molar-refractivity contribution in [1.29, 1.82) is 0 Å². The van der Waals surface area contributed by atoms with Crippen molar-refractivity contribution < 1.29 is 19.1 Å². The molecular weight excluding hydrogens is 330 g/mol. The normalized spacial score (nSPS) is 11.7. The van der Waals surface area contributed by atoms with Gasteiger partial charge in [0.05, 0.1) is 13.7 Å². The minimum Gasteiger partial charge on any atom is -0.497 e. The molecule has 0 spiro atoms. The van der Waals surface area contributed by atoms with Crippen molar-refractivity contribution in [3.63, 3.8) is 0 Å². The second kappa shape index (κ2) is 13.2. The first-order chi connectivity index (χ1) is 12.6. The molecule has 0 saturated carbocycles. The zero-order chi connectivity index (χ0) is 19.2. The summed E-state index contributed by atoms with van der Waals surface area (Å²) in [4.78, 5) is 24.2. The summed E-state index contributed by atoms with van der Waals surface area (Å²) < 4.78 is 10.4. The molecule has 0 aromatic heterocycles. The molecule has 0 bridgehead atoms. The molecule has 1 atom stereocenters. The standard InChI is InChI=1S/C21H33NO4/c1-4-5-6-7-8-9-10-11-15-26-21(24)17(2)22-20(23)18-13-12-14-19(16-18)25-3/h12-14,16-17H,4-11,15H2,1-3H3,(H,22,23). The number of methoxy groups -OCH3 is 1. The van der Waals surface area contributed by atoms with Crippen LogP contribution in [0.4, 0.5) is 0 Å². The van der Waals surface area contributed by atoms with Gasteiger partial charge in [-0.3, -0.25) is 4.79 Å². The van der Waals surface area contributed by atoms with Gasteiger partial charge in [-0.05, 0) is 31.5 Å². The Hall–Kier alpha value is -2.04. The molecule has 0 radical (unpaired) electrons. The summed E-state index contributed by atoms with van der Waals surface area (Å²) in [6, 6.07) is 6.13. The van der Waals surface area contributed by atoms with Crippen LogP contribution >= 0.6 is 0 Å². The van der Waals surface area contributed by atoms with Gasteiger partial charge in [-0.25, -0.2) is 4.79 Å². The molecule has 1 amide bonds. The predicted molar refractivity (Wildman–Crippen MR) is 103 cm³/mol. The van der Waals surface area contributed by atoms with Gasteiger partial charge in [-0.2, -0.15) is 0 Å². The highest BCUT2D eigenvalue weighted by molar-refractivity contribution is 5.97. The zero-order valence-electron chi connectivity index (χ0n) is 16.4. The van der Waals surface area contributed by atoms with Crippen LogP contribution in [0.2, 0.25) is 0 Å². The van der Waals surface area contributed by atoms with E-state index in [1.807, 2.05) is 0 Å². The van der Waals surface area contributed by atoms with E-state index in [2.05, 4.69) is 12.2 Å². The highest BCUT2D eigenvalue weighted by atomic mass is 16.5. The number of carbonyl (C=O) groups is 2. The number of carbonyl (C=O) groups excluding carboxylic acids is 2. The maximum atomic E-state index is 12.2. The average molecular weight is 363 g/mol. The van der Waals surface area contributed by atoms with E-state index < -0.39 is 12.0 Å². The van der Waals surface area contributed by atoms with Gasteiger partial charge in [-0.1, -0.05) is 57.9 Å². The van der Waals surface area contributed by atoms with Crippen molar-refractivity contribution in [3.05, 3.63) is 29.8 Å². The van der Waals surface area contributed by atoms with Crippen LogP contribution < -0.4 is 10.1 Å². The van der Waals surface area contributed by atoms with Crippen LogP contribution in [-0.4, -0.2) is 31.6 Å². The van der Waals surface area contributed by atoms with Crippen molar-refractivity contribution in [2.75, 3.05) is 13.7 Å². The Morgan fingerprint density at radius 3 is 2.35 bits per heavy atom. The Kier molecular flexibility index (Phi) is 11.2. The van der Waals surface area contributed by atoms with Crippen LogP contribution in [-0.2, 0) is 9.53 Å². The van der Waals surface area contributed by atoms with Crippen molar-refractivity contribution in [2.24, 2.45) is 0 Å². The SMILES string of the molecule is CCCCCCCCCCOC(=O)C(C)NC(=O)c1cccc(OC)c1. The smallest absolute Gasteiger partial charge is 0.328 e. The van der Waals surface area contributed by atoms with Crippen LogP contribution in [0, 0.1) is 0 Å². The molecule has 1 N–H and O–H groups in total. The quantitative estimate of drug-likeness (QED) is 0.414. The third-order valence-electron chi connectivity index (χ3n) is 4.28. The maximum absolute atomic E-state index is 12.2. The van der Waals surface area contributed by atoms with E-state index in [1.165, 1.54) is 38.5 Å². The number of hydrogen-bond donors (Lipinski definition) is 1. The molecule has 0 saturated heterocycles. The summed E-state index contributed by atoms with van der Waals surface area (Å²) in [7, 11) is 1.54. The molecule has 26 heavy (non-hydrogen) atoms. The summed E-state index contributed by atoms with van der Waals surface area (Å²) in [5, 5.41) is 2.66. The van der Waals surface area contributed by atoms with E-state index in [1.54, 1.807) is 38.3 Å². The van der Waals surface area contributed by atoms with Gasteiger partial charge in [-0.15, -0.1) is 0 Å². The Morgan fingerprint density at radius 1 is 1.04 bits per heavy atom. The van der Waals surface area contributed by atoms with Gasteiger partial charge in [0.1, 0.15) is 11.8 Å². The average Bonchev–Trinajstić information content (AvgIpc) is 2.66. The summed E-state index contributed by atoms with van der Waals surface area (Å²) in [6.07, 6.45) is 9.57. The van der Waals surface area contributed by atoms with Gasteiger partial charge in [0.2, 0.25) is 0 Å². The monoisotopic (exact) mass is 363 g/mol. The highest BCUT2D eigenvalue weighted by Crippen LogP contribution is 2.12. The molecule has 5 heteroatoms. The molecule has 0 aliphatic rings. The molecule has 0 aliphatic heterocycles. The maximum Gasteiger partial charge on any atom is 0.328 e. The fraction of sp³-hybridized carbons (Fsp3) is 0.619. The van der Waals surface area contributed by atoms with Gasteiger partial charge >= 0.3 is 5.97 Å². The lowest BCUT2D eigenvalue weighted by atomic mass is 10.1. The summed E-state index contributed by atoms with van der Waals surface area (Å²) >= 11 is 0. The third kappa shape index (κ3) is 8.88. The molecule has 1 unspecified atom stereocenters. The first kappa shape index (κ1) is 22.0. The lowest BCUT2D eigenvalue weighted by molar-refractivity contribution is -0.145. The summed E-state index contributed by atoms with van der Waals surface area (Å²) in [6.45, 7) is 4.26. The van der Waals surface area contributed by atoms with Crippen molar-refractivity contribution in [3.8, 4) is 5.75 Å². The van der Waals surface area contributed by atoms with Gasteiger partial charge in [0.15, 0.2) is 0 Å². The topological polar surface area (TPSA) is 64.6 Å². The Labute approximate surface area is 157 Å². The highest BCUT2D eigenvalue weighted by Gasteiger charge is 2.18. The van der Waals surface area contributed by atoms with E-state index in [0.717, 1.165) is 12.8 Å². The summed E-state index contributed by atoms with van der Waals surface area (Å²) in [5.74, 6) is -0.118. The van der Waals surface area contributed by atoms with Crippen molar-refractivity contribution in [2.45, 2.75) is 71.3 Å². The second-order valence-electron chi connectivity index (χ2n) is 6.57. The fourth-order valence-corrected chi connectivity index (χ4v) is 2.64. The number of hydrogen-bond acceptors (Lipinski definition) is 4. The number of benzene rings is 1. The van der Waals surface area contributed by atoms with E-state index in [0.29, 0.717) is 17.9 Å². The summed E-state index contributed by atoms with van der Waals surface area (Å²) in [5.41, 5.74) is 0.451. The molecule has 1 rings (SSSR count). The second-order valence-corrected chi connectivity index (χ2v) is 6.57. The molecule has 146 valence electrons. The van der Waals surface area contributed by atoms with Crippen LogP contribution in [0.3, 0.4) is 0 Å². The van der Waals surface area contributed by atoms with E-state index in [4.69, 9.17) is 9.47 Å². The number of ether oxygens (including phenoxy) is 2. The molecule has 5 nitrogen and oxygen atoms in total. The number of nitrogens with one attached hydrogen (secondary N) is 1. The predicted octanol–water partition coefficient (Wildman–Crippen LogP) is 4.50. The number of rotatable bonds is 13. The molecular formula is C21H33NO4.